The number of benzene rings is 3. The number of ether oxygens (including phenoxy) is 2. The van der Waals surface area contributed by atoms with Crippen LogP contribution < -0.4 is 5.32 Å². The number of amides is 1. The Hall–Kier alpha value is -3.53. The maximum Gasteiger partial charge on any atom is 0.338 e. The van der Waals surface area contributed by atoms with E-state index < -0.39 is 28.5 Å². The highest BCUT2D eigenvalue weighted by Gasteiger charge is 2.26. The fourth-order valence-electron chi connectivity index (χ4n) is 3.74. The average molecular weight is 495 g/mol. The monoisotopic (exact) mass is 494 g/mol. The van der Waals surface area contributed by atoms with Crippen molar-refractivity contribution in [1.82, 2.24) is 4.31 Å². The van der Waals surface area contributed by atoms with Crippen LogP contribution in [0.4, 0.5) is 5.69 Å². The number of hydrogen-bond acceptors (Lipinski definition) is 6. The van der Waals surface area contributed by atoms with E-state index in [1.54, 1.807) is 12.1 Å². The molecule has 1 saturated heterocycles. The molecule has 8 nitrogen and oxygen atoms in total. The lowest BCUT2D eigenvalue weighted by Crippen LogP contribution is -2.40. The number of sulfonamides is 1. The summed E-state index contributed by atoms with van der Waals surface area (Å²) in [7, 11) is -3.61. The summed E-state index contributed by atoms with van der Waals surface area (Å²) < 4.78 is 37.2. The molecule has 1 N–H and O–H groups in total. The number of esters is 1. The van der Waals surface area contributed by atoms with Gasteiger partial charge < -0.3 is 14.8 Å². The fourth-order valence-corrected chi connectivity index (χ4v) is 5.15. The number of morpholine rings is 1. The van der Waals surface area contributed by atoms with Gasteiger partial charge in [-0.1, -0.05) is 48.5 Å². The maximum atomic E-state index is 12.7. The standard InChI is InChI=1S/C26H26N2O6S/c29-25(27-22-10-12-23(13-11-22)35(31,32)28-14-16-33-17-15-28)19-34-26(30)24-9-5-4-8-21(24)18-20-6-2-1-3-7-20/h1-13H,14-19H2,(H,27,29). The highest BCUT2D eigenvalue weighted by Crippen LogP contribution is 2.20. The van der Waals surface area contributed by atoms with Gasteiger partial charge in [0.05, 0.1) is 23.7 Å². The van der Waals surface area contributed by atoms with Crippen molar-refractivity contribution in [2.75, 3.05) is 38.2 Å². The van der Waals surface area contributed by atoms with Gasteiger partial charge in [0, 0.05) is 18.8 Å². The van der Waals surface area contributed by atoms with E-state index in [-0.39, 0.29) is 4.90 Å². The number of nitrogens with zero attached hydrogens (tertiary/aromatic N) is 1. The minimum atomic E-state index is -3.61. The average Bonchev–Trinajstić information content (AvgIpc) is 2.89. The van der Waals surface area contributed by atoms with Gasteiger partial charge >= 0.3 is 5.97 Å². The Morgan fingerprint density at radius 3 is 2.26 bits per heavy atom. The van der Waals surface area contributed by atoms with Crippen molar-refractivity contribution >= 4 is 27.6 Å². The van der Waals surface area contributed by atoms with Crippen LogP contribution in [0.5, 0.6) is 0 Å². The van der Waals surface area contributed by atoms with Crippen molar-refractivity contribution in [3.63, 3.8) is 0 Å². The van der Waals surface area contributed by atoms with Crippen molar-refractivity contribution in [3.05, 3.63) is 95.6 Å². The van der Waals surface area contributed by atoms with Crippen LogP contribution in [0, 0.1) is 0 Å². The predicted molar refractivity (Wildman–Crippen MR) is 131 cm³/mol. The molecule has 1 aliphatic heterocycles. The van der Waals surface area contributed by atoms with Gasteiger partial charge in [0.15, 0.2) is 6.61 Å². The molecular formula is C26H26N2O6S. The molecule has 9 heteroatoms. The van der Waals surface area contributed by atoms with Gasteiger partial charge in [0.1, 0.15) is 0 Å². The first-order valence-electron chi connectivity index (χ1n) is 11.2. The summed E-state index contributed by atoms with van der Waals surface area (Å²) in [6, 6.07) is 22.8. The second kappa shape index (κ2) is 11.3. The van der Waals surface area contributed by atoms with E-state index in [1.165, 1.54) is 28.6 Å². The first-order valence-corrected chi connectivity index (χ1v) is 12.6. The number of nitrogens with one attached hydrogen (secondary N) is 1. The van der Waals surface area contributed by atoms with Crippen molar-refractivity contribution in [2.45, 2.75) is 11.3 Å². The van der Waals surface area contributed by atoms with Crippen LogP contribution in [-0.4, -0.2) is 57.5 Å². The van der Waals surface area contributed by atoms with Crippen LogP contribution in [0.2, 0.25) is 0 Å². The van der Waals surface area contributed by atoms with E-state index >= 15 is 0 Å². The molecule has 1 amide bonds. The Bertz CT molecular complexity index is 1270. The predicted octanol–water partition coefficient (Wildman–Crippen LogP) is 3.09. The Kier molecular flexibility index (Phi) is 7.91. The van der Waals surface area contributed by atoms with E-state index in [0.29, 0.717) is 44.0 Å². The molecule has 1 heterocycles. The minimum absolute atomic E-state index is 0.138. The van der Waals surface area contributed by atoms with Gasteiger partial charge in [0.25, 0.3) is 5.91 Å². The van der Waals surface area contributed by atoms with E-state index in [4.69, 9.17) is 9.47 Å². The number of carbonyl (C=O) groups is 2. The molecule has 0 atom stereocenters. The van der Waals surface area contributed by atoms with Gasteiger partial charge in [-0.05, 0) is 47.9 Å². The zero-order chi connectivity index (χ0) is 24.7. The molecule has 3 aromatic carbocycles. The molecule has 3 aromatic rings. The van der Waals surface area contributed by atoms with Crippen molar-refractivity contribution in [3.8, 4) is 0 Å². The molecule has 35 heavy (non-hydrogen) atoms. The molecule has 0 spiro atoms. The molecule has 1 aliphatic rings. The van der Waals surface area contributed by atoms with Gasteiger partial charge in [0.2, 0.25) is 10.0 Å². The summed E-state index contributed by atoms with van der Waals surface area (Å²) in [6.45, 7) is 0.874. The summed E-state index contributed by atoms with van der Waals surface area (Å²) in [5.41, 5.74) is 2.67. The smallest absolute Gasteiger partial charge is 0.338 e. The topological polar surface area (TPSA) is 102 Å². The molecule has 0 aliphatic carbocycles. The van der Waals surface area contributed by atoms with Crippen LogP contribution >= 0.6 is 0 Å². The molecule has 0 bridgehead atoms. The van der Waals surface area contributed by atoms with Crippen LogP contribution in [0.1, 0.15) is 21.5 Å². The summed E-state index contributed by atoms with van der Waals surface area (Å²) in [6.07, 6.45) is 0.567. The van der Waals surface area contributed by atoms with Crippen LogP contribution in [0.3, 0.4) is 0 Å². The van der Waals surface area contributed by atoms with E-state index in [2.05, 4.69) is 5.32 Å². The van der Waals surface area contributed by atoms with Gasteiger partial charge in [-0.3, -0.25) is 4.79 Å². The highest BCUT2D eigenvalue weighted by molar-refractivity contribution is 7.89. The number of rotatable bonds is 8. The van der Waals surface area contributed by atoms with Crippen molar-refractivity contribution in [2.24, 2.45) is 0 Å². The van der Waals surface area contributed by atoms with Crippen molar-refractivity contribution in [1.29, 1.82) is 0 Å². The third kappa shape index (κ3) is 6.33. The number of anilines is 1. The van der Waals surface area contributed by atoms with Gasteiger partial charge in [-0.15, -0.1) is 0 Å². The first kappa shape index (κ1) is 24.6. The highest BCUT2D eigenvalue weighted by atomic mass is 32.2. The lowest BCUT2D eigenvalue weighted by molar-refractivity contribution is -0.119. The van der Waals surface area contributed by atoms with Crippen molar-refractivity contribution < 1.29 is 27.5 Å². The van der Waals surface area contributed by atoms with Crippen LogP contribution in [0.15, 0.2) is 83.8 Å². The quantitative estimate of drug-likeness (QED) is 0.483. The zero-order valence-electron chi connectivity index (χ0n) is 19.1. The third-order valence-electron chi connectivity index (χ3n) is 5.55. The Balaban J connectivity index is 1.33. The molecular weight excluding hydrogens is 468 g/mol. The Labute approximate surface area is 204 Å². The number of hydrogen-bond donors (Lipinski definition) is 1. The molecule has 182 valence electrons. The molecule has 0 saturated carbocycles. The van der Waals surface area contributed by atoms with Gasteiger partial charge in [-0.2, -0.15) is 4.31 Å². The second-order valence-electron chi connectivity index (χ2n) is 7.98. The van der Waals surface area contributed by atoms with Gasteiger partial charge in [-0.25, -0.2) is 13.2 Å². The molecule has 4 rings (SSSR count). The summed E-state index contributed by atoms with van der Waals surface area (Å²) in [5.74, 6) is -1.11. The largest absolute Gasteiger partial charge is 0.452 e. The zero-order valence-corrected chi connectivity index (χ0v) is 19.9. The lowest BCUT2D eigenvalue weighted by atomic mass is 10.00. The third-order valence-corrected chi connectivity index (χ3v) is 7.47. The second-order valence-corrected chi connectivity index (χ2v) is 9.92. The normalized spacial score (nSPS) is 14.3. The van der Waals surface area contributed by atoms with E-state index in [9.17, 15) is 18.0 Å². The summed E-state index contributed by atoms with van der Waals surface area (Å²) in [4.78, 5) is 25.1. The fraction of sp³-hybridized carbons (Fsp3) is 0.231. The molecule has 0 unspecified atom stereocenters. The molecule has 0 radical (unpaired) electrons. The lowest BCUT2D eigenvalue weighted by Gasteiger charge is -2.26. The molecule has 0 aromatic heterocycles. The molecule has 1 fully saturated rings. The summed E-state index contributed by atoms with van der Waals surface area (Å²) >= 11 is 0. The van der Waals surface area contributed by atoms with E-state index in [1.807, 2.05) is 42.5 Å². The van der Waals surface area contributed by atoms with E-state index in [0.717, 1.165) is 11.1 Å². The number of carbonyl (C=O) groups excluding carboxylic acids is 2. The summed E-state index contributed by atoms with van der Waals surface area (Å²) in [5, 5.41) is 2.62. The Morgan fingerprint density at radius 1 is 0.886 bits per heavy atom. The van der Waals surface area contributed by atoms with Crippen LogP contribution in [0.25, 0.3) is 0 Å². The Morgan fingerprint density at radius 2 is 1.54 bits per heavy atom. The van der Waals surface area contributed by atoms with Crippen LogP contribution in [-0.2, 0) is 30.7 Å². The maximum absolute atomic E-state index is 12.7. The minimum Gasteiger partial charge on any atom is -0.452 e. The first-order chi connectivity index (χ1) is 16.9. The SMILES string of the molecule is O=C(COC(=O)c1ccccc1Cc1ccccc1)Nc1ccc(S(=O)(=O)N2CCOCC2)cc1.